The second kappa shape index (κ2) is 5.24. The Morgan fingerprint density at radius 3 is 2.29 bits per heavy atom. The Hall–Kier alpha value is -1.71. The van der Waals surface area contributed by atoms with Gasteiger partial charge in [0.05, 0.1) is 19.6 Å². The van der Waals surface area contributed by atoms with Crippen molar-refractivity contribution in [2.75, 3.05) is 13.2 Å². The lowest BCUT2D eigenvalue weighted by atomic mass is 9.79. The molecule has 116 valence electrons. The largest absolute Gasteiger partial charge is 0.489 e. The van der Waals surface area contributed by atoms with E-state index in [0.29, 0.717) is 19.0 Å². The molecule has 1 heterocycles. The van der Waals surface area contributed by atoms with Crippen LogP contribution in [-0.2, 0) is 10.2 Å². The van der Waals surface area contributed by atoms with Crippen LogP contribution < -0.4 is 9.47 Å². The molecule has 1 N–H and O–H groups in total. The van der Waals surface area contributed by atoms with Crippen LogP contribution in [0, 0.1) is 12.3 Å². The van der Waals surface area contributed by atoms with Crippen molar-refractivity contribution in [2.24, 2.45) is 5.41 Å². The average molecular weight is 292 g/mol. The Morgan fingerprint density at radius 2 is 1.76 bits per heavy atom. The quantitative estimate of drug-likeness (QED) is 0.925. The number of hydrogen-bond donors (Lipinski definition) is 1. The van der Waals surface area contributed by atoms with Crippen molar-refractivity contribution in [3.05, 3.63) is 23.3 Å². The van der Waals surface area contributed by atoms with Gasteiger partial charge in [-0.05, 0) is 30.2 Å². The van der Waals surface area contributed by atoms with Crippen LogP contribution in [0.2, 0.25) is 0 Å². The number of rotatable bonds is 3. The van der Waals surface area contributed by atoms with E-state index in [1.807, 2.05) is 32.9 Å². The number of fused-ring (bicyclic) bond motifs is 1. The first-order valence-corrected chi connectivity index (χ1v) is 7.23. The van der Waals surface area contributed by atoms with Crippen molar-refractivity contribution in [1.29, 1.82) is 0 Å². The Morgan fingerprint density at radius 1 is 1.24 bits per heavy atom. The van der Waals surface area contributed by atoms with E-state index in [0.717, 1.165) is 16.9 Å². The zero-order valence-corrected chi connectivity index (χ0v) is 13.4. The van der Waals surface area contributed by atoms with Crippen LogP contribution in [0.15, 0.2) is 12.1 Å². The van der Waals surface area contributed by atoms with Gasteiger partial charge in [0.25, 0.3) is 0 Å². The fourth-order valence-corrected chi connectivity index (χ4v) is 2.68. The molecule has 0 aliphatic carbocycles. The molecule has 4 nitrogen and oxygen atoms in total. The van der Waals surface area contributed by atoms with Gasteiger partial charge in [-0.1, -0.05) is 27.7 Å². The van der Waals surface area contributed by atoms with E-state index in [1.54, 1.807) is 0 Å². The van der Waals surface area contributed by atoms with Crippen molar-refractivity contribution < 1.29 is 19.4 Å². The van der Waals surface area contributed by atoms with Gasteiger partial charge in [-0.25, -0.2) is 0 Å². The van der Waals surface area contributed by atoms with Crippen LogP contribution in [0.4, 0.5) is 0 Å². The first kappa shape index (κ1) is 15.7. The molecule has 0 saturated carbocycles. The lowest BCUT2D eigenvalue weighted by molar-refractivity contribution is -0.138. The summed E-state index contributed by atoms with van der Waals surface area (Å²) in [6.07, 6.45) is 0.0823. The van der Waals surface area contributed by atoms with Gasteiger partial charge >= 0.3 is 5.97 Å². The van der Waals surface area contributed by atoms with Gasteiger partial charge in [0, 0.05) is 10.8 Å². The maximum absolute atomic E-state index is 11.1. The molecule has 1 aliphatic rings. The van der Waals surface area contributed by atoms with Crippen molar-refractivity contribution in [3.8, 4) is 11.5 Å². The molecule has 4 heteroatoms. The maximum atomic E-state index is 11.1. The average Bonchev–Trinajstić information content (AvgIpc) is 2.46. The van der Waals surface area contributed by atoms with E-state index in [9.17, 15) is 4.79 Å². The summed E-state index contributed by atoms with van der Waals surface area (Å²) in [5.74, 6) is 0.653. The smallest absolute Gasteiger partial charge is 0.304 e. The molecule has 0 atom stereocenters. The Kier molecular flexibility index (Phi) is 3.91. The van der Waals surface area contributed by atoms with Gasteiger partial charge in [0.15, 0.2) is 11.5 Å². The molecule has 0 unspecified atom stereocenters. The minimum atomic E-state index is -0.798. The molecule has 2 rings (SSSR count). The lowest BCUT2D eigenvalue weighted by Gasteiger charge is -2.26. The van der Waals surface area contributed by atoms with Crippen LogP contribution >= 0.6 is 0 Å². The van der Waals surface area contributed by atoms with Gasteiger partial charge in [-0.2, -0.15) is 0 Å². The highest BCUT2D eigenvalue weighted by atomic mass is 16.5. The molecule has 1 aromatic rings. The molecular weight excluding hydrogens is 268 g/mol. The molecule has 0 spiro atoms. The third-order valence-corrected chi connectivity index (χ3v) is 3.85. The van der Waals surface area contributed by atoms with Crippen molar-refractivity contribution in [1.82, 2.24) is 0 Å². The summed E-state index contributed by atoms with van der Waals surface area (Å²) in [6, 6.07) is 3.89. The summed E-state index contributed by atoms with van der Waals surface area (Å²) < 4.78 is 11.7. The molecule has 1 aromatic carbocycles. The fourth-order valence-electron chi connectivity index (χ4n) is 2.68. The van der Waals surface area contributed by atoms with Crippen LogP contribution in [0.25, 0.3) is 0 Å². The Labute approximate surface area is 126 Å². The van der Waals surface area contributed by atoms with E-state index in [1.165, 1.54) is 0 Å². The molecule has 21 heavy (non-hydrogen) atoms. The predicted octanol–water partition coefficient (Wildman–Crippen LogP) is 3.54. The maximum Gasteiger partial charge on any atom is 0.304 e. The molecule has 0 fully saturated rings. The second-order valence-electron chi connectivity index (χ2n) is 7.31. The van der Waals surface area contributed by atoms with Crippen molar-refractivity contribution >= 4 is 5.97 Å². The normalized spacial score (nSPS) is 17.2. The van der Waals surface area contributed by atoms with Crippen LogP contribution in [0.1, 0.15) is 45.2 Å². The standard InChI is InChI=1S/C17H24O4/c1-11-6-13-14(21-10-16(2,3)9-20-13)7-12(11)17(4,5)8-15(18)19/h6-7H,8-10H2,1-5H3,(H,18,19). The number of hydrogen-bond acceptors (Lipinski definition) is 3. The van der Waals surface area contributed by atoms with Gasteiger partial charge < -0.3 is 14.6 Å². The summed E-state index contributed by atoms with van der Waals surface area (Å²) in [6.45, 7) is 11.3. The summed E-state index contributed by atoms with van der Waals surface area (Å²) in [5, 5.41) is 9.10. The third-order valence-electron chi connectivity index (χ3n) is 3.85. The van der Waals surface area contributed by atoms with E-state index in [-0.39, 0.29) is 11.8 Å². The highest BCUT2D eigenvalue weighted by molar-refractivity contribution is 5.69. The Balaban J connectivity index is 2.40. The van der Waals surface area contributed by atoms with Gasteiger partial charge in [-0.15, -0.1) is 0 Å². The summed E-state index contributed by atoms with van der Waals surface area (Å²) in [7, 11) is 0. The van der Waals surface area contributed by atoms with E-state index in [2.05, 4.69) is 13.8 Å². The van der Waals surface area contributed by atoms with Crippen molar-refractivity contribution in [3.63, 3.8) is 0 Å². The van der Waals surface area contributed by atoms with Gasteiger partial charge in [0.2, 0.25) is 0 Å². The van der Waals surface area contributed by atoms with E-state index < -0.39 is 11.4 Å². The summed E-state index contributed by atoms with van der Waals surface area (Å²) in [5.41, 5.74) is 1.54. The highest BCUT2D eigenvalue weighted by Gasteiger charge is 2.30. The molecule has 1 aliphatic heterocycles. The number of aryl methyl sites for hydroxylation is 1. The topological polar surface area (TPSA) is 55.8 Å². The zero-order chi connectivity index (χ0) is 15.8. The SMILES string of the molecule is Cc1cc2c(cc1C(C)(C)CC(=O)O)OCC(C)(C)CO2. The number of ether oxygens (including phenoxy) is 2. The number of carboxylic acid groups (broad SMARTS) is 1. The van der Waals surface area contributed by atoms with E-state index >= 15 is 0 Å². The minimum absolute atomic E-state index is 0.0380. The molecule has 0 bridgehead atoms. The number of carbonyl (C=O) groups is 1. The van der Waals surface area contributed by atoms with Crippen LogP contribution in [0.3, 0.4) is 0 Å². The summed E-state index contributed by atoms with van der Waals surface area (Å²) in [4.78, 5) is 11.1. The molecule has 0 aromatic heterocycles. The monoisotopic (exact) mass is 292 g/mol. The highest BCUT2D eigenvalue weighted by Crippen LogP contribution is 2.40. The number of aliphatic carboxylic acids is 1. The number of benzene rings is 1. The van der Waals surface area contributed by atoms with Crippen LogP contribution in [-0.4, -0.2) is 24.3 Å². The molecular formula is C17H24O4. The van der Waals surface area contributed by atoms with Crippen LogP contribution in [0.5, 0.6) is 11.5 Å². The first-order valence-electron chi connectivity index (χ1n) is 7.23. The zero-order valence-electron chi connectivity index (χ0n) is 13.4. The van der Waals surface area contributed by atoms with E-state index in [4.69, 9.17) is 14.6 Å². The first-order chi connectivity index (χ1) is 9.61. The van der Waals surface area contributed by atoms with Gasteiger partial charge in [-0.3, -0.25) is 4.79 Å². The fraction of sp³-hybridized carbons (Fsp3) is 0.588. The molecule has 0 saturated heterocycles. The third kappa shape index (κ3) is 3.49. The van der Waals surface area contributed by atoms with Gasteiger partial charge in [0.1, 0.15) is 0 Å². The Bertz CT molecular complexity index is 558. The minimum Gasteiger partial charge on any atom is -0.489 e. The summed E-state index contributed by atoms with van der Waals surface area (Å²) >= 11 is 0. The predicted molar refractivity (Wildman–Crippen MR) is 81.2 cm³/mol. The van der Waals surface area contributed by atoms with Crippen molar-refractivity contribution in [2.45, 2.75) is 46.5 Å². The second-order valence-corrected chi connectivity index (χ2v) is 7.31. The molecule has 0 radical (unpaired) electrons. The lowest BCUT2D eigenvalue weighted by Crippen LogP contribution is -2.26. The molecule has 0 amide bonds. The number of carboxylic acids is 1.